The molecule has 0 saturated carbocycles. The molecule has 30 heavy (non-hydrogen) atoms. The van der Waals surface area contributed by atoms with E-state index < -0.39 is 11.9 Å². The molecule has 0 fully saturated rings. The topological polar surface area (TPSA) is 100 Å². The fraction of sp³-hybridized carbons (Fsp3) is 0.150. The first kappa shape index (κ1) is 20.7. The first-order valence-corrected chi connectivity index (χ1v) is 8.56. The van der Waals surface area contributed by atoms with E-state index in [1.165, 1.54) is 31.4 Å². The van der Waals surface area contributed by atoms with E-state index >= 15 is 0 Å². The van der Waals surface area contributed by atoms with E-state index in [0.29, 0.717) is 16.9 Å². The number of aromatic amines is 1. The average molecular weight is 416 g/mol. The van der Waals surface area contributed by atoms with Crippen LogP contribution in [-0.2, 0) is 6.54 Å². The lowest BCUT2D eigenvalue weighted by Crippen LogP contribution is -2.17. The van der Waals surface area contributed by atoms with Crippen LogP contribution in [0.3, 0.4) is 0 Å². The van der Waals surface area contributed by atoms with Crippen molar-refractivity contribution in [2.24, 2.45) is 0 Å². The summed E-state index contributed by atoms with van der Waals surface area (Å²) in [6.07, 6.45) is -4.76. The van der Waals surface area contributed by atoms with Gasteiger partial charge in [0.15, 0.2) is 0 Å². The Labute approximate surface area is 168 Å². The number of ether oxygens (including phenoxy) is 2. The molecule has 0 saturated heterocycles. The monoisotopic (exact) mass is 416 g/mol. The maximum atomic E-state index is 12.3. The highest BCUT2D eigenvalue weighted by Gasteiger charge is 2.30. The van der Waals surface area contributed by atoms with Gasteiger partial charge in [-0.2, -0.15) is 5.26 Å². The number of alkyl halides is 3. The van der Waals surface area contributed by atoms with Crippen LogP contribution in [-0.4, -0.2) is 23.4 Å². The van der Waals surface area contributed by atoms with Gasteiger partial charge in [-0.15, -0.1) is 13.2 Å². The minimum Gasteiger partial charge on any atom is -0.497 e. The number of anilines is 1. The van der Waals surface area contributed by atoms with E-state index in [2.05, 4.69) is 20.0 Å². The average Bonchev–Trinajstić information content (AvgIpc) is 2.72. The lowest BCUT2D eigenvalue weighted by atomic mass is 10.1. The molecule has 3 rings (SSSR count). The van der Waals surface area contributed by atoms with Gasteiger partial charge in [0, 0.05) is 12.1 Å². The molecular formula is C20H15F3N4O3. The van der Waals surface area contributed by atoms with Crippen LogP contribution in [0.15, 0.2) is 53.3 Å². The molecule has 1 heterocycles. The van der Waals surface area contributed by atoms with Gasteiger partial charge in [0.05, 0.1) is 12.8 Å². The van der Waals surface area contributed by atoms with Crippen LogP contribution in [0.5, 0.6) is 11.5 Å². The highest BCUT2D eigenvalue weighted by atomic mass is 19.4. The van der Waals surface area contributed by atoms with E-state index in [9.17, 15) is 23.2 Å². The van der Waals surface area contributed by atoms with Crippen LogP contribution in [0.1, 0.15) is 11.1 Å². The molecule has 7 nitrogen and oxygen atoms in total. The fourth-order valence-electron chi connectivity index (χ4n) is 2.61. The summed E-state index contributed by atoms with van der Waals surface area (Å²) in [4.78, 5) is 19.1. The third kappa shape index (κ3) is 5.08. The van der Waals surface area contributed by atoms with Gasteiger partial charge >= 0.3 is 6.36 Å². The van der Waals surface area contributed by atoms with Gasteiger partial charge in [0.2, 0.25) is 5.95 Å². The van der Waals surface area contributed by atoms with Crippen molar-refractivity contribution >= 4 is 5.95 Å². The zero-order chi connectivity index (χ0) is 21.7. The predicted octanol–water partition coefficient (Wildman–Crippen LogP) is 3.83. The zero-order valence-corrected chi connectivity index (χ0v) is 15.6. The number of nitrogens with one attached hydrogen (secondary N) is 2. The molecule has 0 radical (unpaired) electrons. The minimum absolute atomic E-state index is 0.112. The molecule has 0 amide bonds. The number of hydrogen-bond acceptors (Lipinski definition) is 6. The maximum Gasteiger partial charge on any atom is 0.573 e. The summed E-state index contributed by atoms with van der Waals surface area (Å²) in [6, 6.07) is 13.8. The molecule has 0 unspecified atom stereocenters. The first-order chi connectivity index (χ1) is 14.3. The van der Waals surface area contributed by atoms with E-state index in [1.54, 1.807) is 24.3 Å². The van der Waals surface area contributed by atoms with Gasteiger partial charge in [-0.05, 0) is 42.0 Å². The van der Waals surface area contributed by atoms with Crippen molar-refractivity contribution in [1.82, 2.24) is 9.97 Å². The van der Waals surface area contributed by atoms with Crippen LogP contribution in [0.2, 0.25) is 0 Å². The molecule has 0 aliphatic carbocycles. The Bertz CT molecular complexity index is 1120. The zero-order valence-electron chi connectivity index (χ0n) is 15.6. The van der Waals surface area contributed by atoms with Crippen molar-refractivity contribution in [3.63, 3.8) is 0 Å². The van der Waals surface area contributed by atoms with Crippen LogP contribution in [0, 0.1) is 11.3 Å². The van der Waals surface area contributed by atoms with Crippen LogP contribution < -0.4 is 20.3 Å². The summed E-state index contributed by atoms with van der Waals surface area (Å²) in [5.41, 5.74) is 0.618. The molecule has 10 heteroatoms. The number of rotatable bonds is 6. The summed E-state index contributed by atoms with van der Waals surface area (Å²) >= 11 is 0. The Morgan fingerprint density at radius 1 is 1.10 bits per heavy atom. The van der Waals surface area contributed by atoms with Gasteiger partial charge in [-0.3, -0.25) is 9.78 Å². The molecule has 0 aliphatic rings. The van der Waals surface area contributed by atoms with E-state index in [4.69, 9.17) is 4.74 Å². The van der Waals surface area contributed by atoms with Crippen molar-refractivity contribution in [3.8, 4) is 28.8 Å². The Hall–Kier alpha value is -4.00. The highest BCUT2D eigenvalue weighted by molar-refractivity contribution is 5.67. The van der Waals surface area contributed by atoms with E-state index in [0.717, 1.165) is 0 Å². The number of hydrogen-bond donors (Lipinski definition) is 2. The molecule has 0 spiro atoms. The molecule has 2 N–H and O–H groups in total. The summed E-state index contributed by atoms with van der Waals surface area (Å²) in [5.74, 6) is 0.386. The van der Waals surface area contributed by atoms with Crippen LogP contribution in [0.25, 0.3) is 11.3 Å². The van der Waals surface area contributed by atoms with E-state index in [1.807, 2.05) is 6.07 Å². The Balaban J connectivity index is 1.80. The normalized spacial score (nSPS) is 10.9. The Kier molecular flexibility index (Phi) is 5.92. The van der Waals surface area contributed by atoms with Gasteiger partial charge in [-0.25, -0.2) is 4.98 Å². The fourth-order valence-corrected chi connectivity index (χ4v) is 2.61. The maximum absolute atomic E-state index is 12.3. The summed E-state index contributed by atoms with van der Waals surface area (Å²) in [6.45, 7) is 0.170. The third-order valence-corrected chi connectivity index (χ3v) is 4.01. The predicted molar refractivity (Wildman–Crippen MR) is 102 cm³/mol. The quantitative estimate of drug-likeness (QED) is 0.634. The van der Waals surface area contributed by atoms with Crippen molar-refractivity contribution in [2.75, 3.05) is 12.4 Å². The molecule has 0 atom stereocenters. The third-order valence-electron chi connectivity index (χ3n) is 4.01. The standard InChI is InChI=1S/C20H15F3N4O3/c1-29-14-8-4-13(5-9-14)17-16(10-24)18(28)27-19(26-17)25-11-12-2-6-15(7-3-12)30-20(21,22)23/h2-9H,11H2,1H3,(H2,25,26,27,28). The van der Waals surface area contributed by atoms with Gasteiger partial charge in [-0.1, -0.05) is 12.1 Å². The van der Waals surface area contributed by atoms with Crippen LogP contribution >= 0.6 is 0 Å². The second-order valence-corrected chi connectivity index (χ2v) is 6.02. The molecule has 154 valence electrons. The molecular weight excluding hydrogens is 401 g/mol. The number of halogens is 3. The van der Waals surface area contributed by atoms with Crippen molar-refractivity contribution in [2.45, 2.75) is 12.9 Å². The first-order valence-electron chi connectivity index (χ1n) is 8.56. The molecule has 1 aromatic heterocycles. The number of H-pyrrole nitrogens is 1. The summed E-state index contributed by atoms with van der Waals surface area (Å²) in [7, 11) is 1.52. The number of benzene rings is 2. The van der Waals surface area contributed by atoms with Crippen molar-refractivity contribution in [3.05, 3.63) is 70.0 Å². The SMILES string of the molecule is COc1ccc(-c2nc(NCc3ccc(OC(F)(F)F)cc3)[nH]c(=O)c2C#N)cc1. The lowest BCUT2D eigenvalue weighted by molar-refractivity contribution is -0.274. The largest absolute Gasteiger partial charge is 0.573 e. The number of nitriles is 1. The number of nitrogens with zero attached hydrogens (tertiary/aromatic N) is 2. The second-order valence-electron chi connectivity index (χ2n) is 6.02. The molecule has 3 aromatic rings. The van der Waals surface area contributed by atoms with E-state index in [-0.39, 0.29) is 29.5 Å². The van der Waals surface area contributed by atoms with Crippen molar-refractivity contribution in [1.29, 1.82) is 5.26 Å². The Morgan fingerprint density at radius 2 is 1.73 bits per heavy atom. The highest BCUT2D eigenvalue weighted by Crippen LogP contribution is 2.24. The number of methoxy groups -OCH3 is 1. The van der Waals surface area contributed by atoms with Gasteiger partial charge in [0.1, 0.15) is 23.1 Å². The summed E-state index contributed by atoms with van der Waals surface area (Å²) < 4.78 is 45.6. The van der Waals surface area contributed by atoms with Crippen LogP contribution in [0.4, 0.5) is 19.1 Å². The Morgan fingerprint density at radius 3 is 2.30 bits per heavy atom. The number of aromatic nitrogens is 2. The molecule has 0 bridgehead atoms. The second kappa shape index (κ2) is 8.57. The van der Waals surface area contributed by atoms with Crippen molar-refractivity contribution < 1.29 is 22.6 Å². The smallest absolute Gasteiger partial charge is 0.497 e. The van der Waals surface area contributed by atoms with Gasteiger partial charge in [0.25, 0.3) is 5.56 Å². The lowest BCUT2D eigenvalue weighted by Gasteiger charge is -2.11. The van der Waals surface area contributed by atoms with Gasteiger partial charge < -0.3 is 14.8 Å². The molecule has 0 aliphatic heterocycles. The minimum atomic E-state index is -4.76. The molecule has 2 aromatic carbocycles. The summed E-state index contributed by atoms with van der Waals surface area (Å²) in [5, 5.41) is 12.2.